The fourth-order valence-electron chi connectivity index (χ4n) is 3.29. The molecule has 34 heavy (non-hydrogen) atoms. The summed E-state index contributed by atoms with van der Waals surface area (Å²) in [5, 5.41) is 8.16. The van der Waals surface area contributed by atoms with Gasteiger partial charge in [0.15, 0.2) is 17.3 Å². The molecule has 1 heterocycles. The van der Waals surface area contributed by atoms with Crippen molar-refractivity contribution in [3.05, 3.63) is 58.8 Å². The summed E-state index contributed by atoms with van der Waals surface area (Å²) < 4.78 is 89.4. The Kier molecular flexibility index (Phi) is 6.54. The molecule has 2 aromatic rings. The van der Waals surface area contributed by atoms with Gasteiger partial charge in [0.1, 0.15) is 5.75 Å². The Hall–Kier alpha value is -3.70. The van der Waals surface area contributed by atoms with Crippen LogP contribution < -0.4 is 9.47 Å². The minimum atomic E-state index is -5.10. The molecule has 6 nitrogen and oxygen atoms in total. The summed E-state index contributed by atoms with van der Waals surface area (Å²) >= 11 is 0. The van der Waals surface area contributed by atoms with E-state index in [0.29, 0.717) is 29.9 Å². The zero-order chi connectivity index (χ0) is 25.4. The smallest absolute Gasteiger partial charge is 0.420 e. The maximum absolute atomic E-state index is 13.4. The molecule has 0 radical (unpaired) electrons. The van der Waals surface area contributed by atoms with Gasteiger partial charge in [0.2, 0.25) is 0 Å². The van der Waals surface area contributed by atoms with Crippen LogP contribution in [0.4, 0.5) is 31.1 Å². The van der Waals surface area contributed by atoms with Gasteiger partial charge in [-0.15, -0.1) is 0 Å². The third kappa shape index (κ3) is 4.80. The number of likely N-dealkylation sites (N-methyl/N-ethyl adjacent to an activating group) is 2. The zero-order valence-corrected chi connectivity index (χ0v) is 18.1. The lowest BCUT2D eigenvalue weighted by molar-refractivity contribution is -0.143. The summed E-state index contributed by atoms with van der Waals surface area (Å²) in [6, 6.07) is 4.82. The largest absolute Gasteiger partial charge is 0.493 e. The summed E-state index contributed by atoms with van der Waals surface area (Å²) in [6.45, 7) is 2.01. The monoisotopic (exact) mass is 487 g/mol. The molecule has 182 valence electrons. The van der Waals surface area contributed by atoms with E-state index in [-0.39, 0.29) is 29.4 Å². The molecule has 0 saturated carbocycles. The Bertz CT molecular complexity index is 1160. The molecule has 1 aliphatic heterocycles. The van der Waals surface area contributed by atoms with Crippen molar-refractivity contribution in [1.29, 1.82) is 5.41 Å². The molecule has 0 unspecified atom stereocenters. The minimum absolute atomic E-state index is 0.00627. The highest BCUT2D eigenvalue weighted by molar-refractivity contribution is 6.15. The van der Waals surface area contributed by atoms with E-state index in [4.69, 9.17) is 14.9 Å². The number of hydrogen-bond donors (Lipinski definition) is 1. The molecule has 0 aliphatic carbocycles. The highest BCUT2D eigenvalue weighted by Crippen LogP contribution is 2.43. The van der Waals surface area contributed by atoms with E-state index in [0.717, 1.165) is 0 Å². The van der Waals surface area contributed by atoms with Crippen molar-refractivity contribution in [2.24, 2.45) is 0 Å². The van der Waals surface area contributed by atoms with E-state index in [1.54, 1.807) is 6.92 Å². The maximum atomic E-state index is 13.4. The van der Waals surface area contributed by atoms with Crippen molar-refractivity contribution in [2.75, 3.05) is 20.7 Å². The van der Waals surface area contributed by atoms with E-state index in [9.17, 15) is 31.1 Å². The van der Waals surface area contributed by atoms with Crippen LogP contribution in [0.25, 0.3) is 6.08 Å². The second-order valence-electron chi connectivity index (χ2n) is 7.18. The predicted octanol–water partition coefficient (Wildman–Crippen LogP) is 6.23. The lowest BCUT2D eigenvalue weighted by Crippen LogP contribution is -2.30. The second kappa shape index (κ2) is 8.92. The van der Waals surface area contributed by atoms with Gasteiger partial charge >= 0.3 is 18.4 Å². The van der Waals surface area contributed by atoms with Crippen LogP contribution in [0.15, 0.2) is 42.1 Å². The number of nitrogens with one attached hydrogen (secondary N) is 1. The average molecular weight is 487 g/mol. The summed E-state index contributed by atoms with van der Waals surface area (Å²) in [5.74, 6) is -1.02. The van der Waals surface area contributed by atoms with Gasteiger partial charge in [-0.1, -0.05) is 6.07 Å². The number of ether oxygens (including phenoxy) is 2. The van der Waals surface area contributed by atoms with Crippen LogP contribution in [0.1, 0.15) is 23.6 Å². The zero-order valence-electron chi connectivity index (χ0n) is 18.1. The normalized spacial score (nSPS) is 16.0. The van der Waals surface area contributed by atoms with Gasteiger partial charge in [-0.2, -0.15) is 26.3 Å². The van der Waals surface area contributed by atoms with E-state index in [2.05, 4.69) is 0 Å². The Morgan fingerprint density at radius 3 is 2.15 bits per heavy atom. The van der Waals surface area contributed by atoms with Crippen molar-refractivity contribution in [2.45, 2.75) is 19.3 Å². The molecule has 0 bridgehead atoms. The number of hydrogen-bond acceptors (Lipinski definition) is 4. The molecule has 12 heteroatoms. The van der Waals surface area contributed by atoms with Crippen molar-refractivity contribution < 1.29 is 40.6 Å². The van der Waals surface area contributed by atoms with E-state index in [1.165, 1.54) is 48.2 Å². The molecule has 3 rings (SSSR count). The summed E-state index contributed by atoms with van der Waals surface area (Å²) in [7, 11) is 2.74. The van der Waals surface area contributed by atoms with Gasteiger partial charge in [-0.25, -0.2) is 4.79 Å². The number of carbonyl (C=O) groups excluding carboxylic acids is 1. The molecule has 2 aromatic carbocycles. The van der Waals surface area contributed by atoms with Crippen LogP contribution in [0.3, 0.4) is 0 Å². The third-order valence-electron chi connectivity index (χ3n) is 5.03. The Labute approximate surface area is 190 Å². The number of amides is 2. The molecule has 0 spiro atoms. The minimum Gasteiger partial charge on any atom is -0.493 e. The Balaban J connectivity index is 1.98. The topological polar surface area (TPSA) is 65.9 Å². The van der Waals surface area contributed by atoms with Crippen LogP contribution in [-0.2, 0) is 12.4 Å². The van der Waals surface area contributed by atoms with Gasteiger partial charge in [0.25, 0.3) is 0 Å². The first-order valence-electron chi connectivity index (χ1n) is 9.78. The van der Waals surface area contributed by atoms with Gasteiger partial charge < -0.3 is 9.47 Å². The number of carbonyl (C=O) groups is 1. The lowest BCUT2D eigenvalue weighted by Gasteiger charge is -2.17. The second-order valence-corrected chi connectivity index (χ2v) is 7.18. The van der Waals surface area contributed by atoms with Gasteiger partial charge in [0, 0.05) is 13.6 Å². The van der Waals surface area contributed by atoms with E-state index < -0.39 is 29.2 Å². The van der Waals surface area contributed by atoms with Crippen molar-refractivity contribution in [3.63, 3.8) is 0 Å². The number of benzene rings is 2. The van der Waals surface area contributed by atoms with Gasteiger partial charge in [-0.05, 0) is 48.9 Å². The van der Waals surface area contributed by atoms with Gasteiger partial charge in [-0.3, -0.25) is 15.2 Å². The number of urea groups is 1. The highest BCUT2D eigenvalue weighted by atomic mass is 19.4. The summed E-state index contributed by atoms with van der Waals surface area (Å²) in [5.41, 5.74) is -2.30. The van der Waals surface area contributed by atoms with Crippen LogP contribution in [0.5, 0.6) is 17.2 Å². The average Bonchev–Trinajstić information content (AvgIpc) is 2.96. The number of halogens is 6. The number of amidine groups is 1. The van der Waals surface area contributed by atoms with Crippen LogP contribution >= 0.6 is 0 Å². The Morgan fingerprint density at radius 1 is 0.971 bits per heavy atom. The quantitative estimate of drug-likeness (QED) is 0.509. The van der Waals surface area contributed by atoms with E-state index in [1.807, 2.05) is 0 Å². The summed E-state index contributed by atoms with van der Waals surface area (Å²) in [6.07, 6.45) is -8.54. The predicted molar refractivity (Wildman–Crippen MR) is 111 cm³/mol. The first-order valence-corrected chi connectivity index (χ1v) is 9.78. The fourth-order valence-corrected chi connectivity index (χ4v) is 3.29. The standard InChI is InChI=1S/C22H19F6N3O3/c1-4-31-19(29)15(30(2)20(31)32)9-12-5-7-17(18(10-12)33-3)34-16-8-6-13(21(23,24)25)11-14(16)22(26,27)28/h5-11,29H,4H2,1-3H3/b15-9-,29-19?. The first-order chi connectivity index (χ1) is 15.8. The number of alkyl halides is 6. The SMILES string of the molecule is CCN1C(=N)/C(=C/c2ccc(Oc3ccc(C(F)(F)F)cc3C(F)(F)F)c(OC)c2)N(C)C1=O. The molecule has 0 atom stereocenters. The van der Waals surface area contributed by atoms with Crippen molar-refractivity contribution >= 4 is 17.9 Å². The van der Waals surface area contributed by atoms with Crippen molar-refractivity contribution in [3.8, 4) is 17.2 Å². The molecule has 1 aliphatic rings. The molecule has 2 amide bonds. The lowest BCUT2D eigenvalue weighted by atomic mass is 10.1. The van der Waals surface area contributed by atoms with Gasteiger partial charge in [0.05, 0.1) is 23.9 Å². The summed E-state index contributed by atoms with van der Waals surface area (Å²) in [4.78, 5) is 14.7. The number of rotatable bonds is 5. The third-order valence-corrected chi connectivity index (χ3v) is 5.03. The fraction of sp³-hybridized carbons (Fsp3) is 0.273. The van der Waals surface area contributed by atoms with Crippen LogP contribution in [0, 0.1) is 5.41 Å². The van der Waals surface area contributed by atoms with Crippen LogP contribution in [0.2, 0.25) is 0 Å². The number of methoxy groups -OCH3 is 1. The molecular weight excluding hydrogens is 468 g/mol. The number of nitrogens with zero attached hydrogens (tertiary/aromatic N) is 2. The molecule has 1 fully saturated rings. The Morgan fingerprint density at radius 2 is 1.62 bits per heavy atom. The molecule has 1 N–H and O–H groups in total. The first kappa shape index (κ1) is 24.9. The van der Waals surface area contributed by atoms with Crippen molar-refractivity contribution in [1.82, 2.24) is 9.80 Å². The molecule has 0 aromatic heterocycles. The van der Waals surface area contributed by atoms with E-state index >= 15 is 0 Å². The van der Waals surface area contributed by atoms with Crippen LogP contribution in [-0.4, -0.2) is 42.4 Å². The maximum Gasteiger partial charge on any atom is 0.420 e. The molecule has 1 saturated heterocycles. The highest BCUT2D eigenvalue weighted by Gasteiger charge is 2.39. The molecular formula is C22H19F6N3O3.